The van der Waals surface area contributed by atoms with Gasteiger partial charge in [0.1, 0.15) is 5.67 Å². The largest absolute Gasteiger partial charge is 0.393 e. The minimum Gasteiger partial charge on any atom is -0.393 e. The van der Waals surface area contributed by atoms with Crippen LogP contribution in [0.3, 0.4) is 0 Å². The van der Waals surface area contributed by atoms with E-state index in [-0.39, 0.29) is 12.5 Å². The molecule has 0 amide bonds. The van der Waals surface area contributed by atoms with E-state index in [0.717, 1.165) is 26.1 Å². The van der Waals surface area contributed by atoms with Crippen LogP contribution >= 0.6 is 0 Å². The van der Waals surface area contributed by atoms with Gasteiger partial charge in [0.15, 0.2) is 0 Å². The van der Waals surface area contributed by atoms with Crippen LogP contribution < -0.4 is 0 Å². The van der Waals surface area contributed by atoms with Crippen LogP contribution in [-0.2, 0) is 0 Å². The molecule has 2 saturated heterocycles. The smallest absolute Gasteiger partial charge is 0.139 e. The summed E-state index contributed by atoms with van der Waals surface area (Å²) in [6, 6.07) is 0. The molecule has 3 unspecified atom stereocenters. The first-order valence-electron chi connectivity index (χ1n) is 4.27. The van der Waals surface area contributed by atoms with Gasteiger partial charge in [-0.3, -0.25) is 0 Å². The van der Waals surface area contributed by atoms with E-state index in [1.165, 1.54) is 0 Å². The molecule has 2 fully saturated rings. The molecular formula is C8H14FNO. The molecular weight excluding hydrogens is 145 g/mol. The quantitative estimate of drug-likeness (QED) is 0.599. The van der Waals surface area contributed by atoms with Crippen LogP contribution in [-0.4, -0.2) is 41.9 Å². The van der Waals surface area contributed by atoms with Crippen LogP contribution in [0.25, 0.3) is 0 Å². The summed E-state index contributed by atoms with van der Waals surface area (Å²) in [5.74, 6) is 0.0984. The van der Waals surface area contributed by atoms with Gasteiger partial charge in [-0.1, -0.05) is 0 Å². The Bertz CT molecular complexity index is 164. The van der Waals surface area contributed by atoms with Crippen molar-refractivity contribution in [2.24, 2.45) is 5.92 Å². The summed E-state index contributed by atoms with van der Waals surface area (Å²) in [6.45, 7) is 2.42. The molecule has 1 N–H and O–H groups in total. The van der Waals surface area contributed by atoms with Crippen LogP contribution in [0.1, 0.15) is 12.8 Å². The number of alkyl halides is 1. The molecule has 0 saturated carbocycles. The monoisotopic (exact) mass is 159 g/mol. The van der Waals surface area contributed by atoms with Crippen molar-refractivity contribution in [1.82, 2.24) is 4.90 Å². The van der Waals surface area contributed by atoms with Gasteiger partial charge in [-0.2, -0.15) is 0 Å². The zero-order valence-electron chi connectivity index (χ0n) is 6.59. The fourth-order valence-corrected chi connectivity index (χ4v) is 2.21. The Morgan fingerprint density at radius 1 is 1.55 bits per heavy atom. The molecule has 2 rings (SSSR count). The highest BCUT2D eigenvalue weighted by Crippen LogP contribution is 2.37. The van der Waals surface area contributed by atoms with E-state index in [1.54, 1.807) is 0 Å². The predicted octanol–water partition coefficient (Wildman–Crippen LogP) is 0.413. The van der Waals surface area contributed by atoms with Crippen molar-refractivity contribution < 1.29 is 9.50 Å². The molecule has 2 bridgehead atoms. The third-order valence-corrected chi connectivity index (χ3v) is 3.11. The summed E-state index contributed by atoms with van der Waals surface area (Å²) >= 11 is 0. The second-order valence-electron chi connectivity index (χ2n) is 3.73. The van der Waals surface area contributed by atoms with Gasteiger partial charge in [0, 0.05) is 19.0 Å². The first kappa shape index (κ1) is 7.50. The Labute approximate surface area is 66.0 Å². The van der Waals surface area contributed by atoms with E-state index in [2.05, 4.69) is 4.90 Å². The van der Waals surface area contributed by atoms with Gasteiger partial charge in [0.25, 0.3) is 0 Å². The molecule has 64 valence electrons. The molecule has 2 heterocycles. The van der Waals surface area contributed by atoms with E-state index >= 15 is 0 Å². The van der Waals surface area contributed by atoms with Gasteiger partial charge >= 0.3 is 0 Å². The fraction of sp³-hybridized carbons (Fsp3) is 1.00. The van der Waals surface area contributed by atoms with Crippen LogP contribution in [0.2, 0.25) is 0 Å². The average molecular weight is 159 g/mol. The Balaban J connectivity index is 2.12. The molecule has 0 aromatic carbocycles. The van der Waals surface area contributed by atoms with Crippen molar-refractivity contribution in [3.8, 4) is 0 Å². The third-order valence-electron chi connectivity index (χ3n) is 3.11. The number of rotatable bonds is 1. The van der Waals surface area contributed by atoms with Crippen molar-refractivity contribution in [2.75, 3.05) is 26.2 Å². The minimum absolute atomic E-state index is 0.0984. The molecule has 11 heavy (non-hydrogen) atoms. The Morgan fingerprint density at radius 3 is 3.09 bits per heavy atom. The molecule has 3 heteroatoms. The summed E-state index contributed by atoms with van der Waals surface area (Å²) in [7, 11) is 0. The van der Waals surface area contributed by atoms with Gasteiger partial charge in [0.2, 0.25) is 0 Å². The minimum atomic E-state index is -1.26. The van der Waals surface area contributed by atoms with E-state index < -0.39 is 5.67 Å². The van der Waals surface area contributed by atoms with Gasteiger partial charge in [-0.15, -0.1) is 0 Å². The van der Waals surface area contributed by atoms with Gasteiger partial charge in [-0.25, -0.2) is 4.39 Å². The first-order valence-corrected chi connectivity index (χ1v) is 4.27. The maximum absolute atomic E-state index is 13.7. The van der Waals surface area contributed by atoms with E-state index in [9.17, 15) is 4.39 Å². The van der Waals surface area contributed by atoms with Crippen molar-refractivity contribution in [3.05, 3.63) is 0 Å². The molecule has 0 radical (unpaired) electrons. The Hall–Kier alpha value is -0.150. The summed E-state index contributed by atoms with van der Waals surface area (Å²) in [4.78, 5) is 2.28. The topological polar surface area (TPSA) is 23.5 Å². The maximum Gasteiger partial charge on any atom is 0.139 e. The summed E-state index contributed by atoms with van der Waals surface area (Å²) in [6.07, 6.45) is 1.45. The highest BCUT2D eigenvalue weighted by molar-refractivity contribution is 4.97. The highest BCUT2D eigenvalue weighted by atomic mass is 19.1. The molecule has 0 aromatic heterocycles. The third kappa shape index (κ3) is 1.07. The lowest BCUT2D eigenvalue weighted by Crippen LogP contribution is -2.45. The van der Waals surface area contributed by atoms with Gasteiger partial charge < -0.3 is 10.0 Å². The number of aliphatic hydroxyl groups is 1. The molecule has 2 nitrogen and oxygen atoms in total. The zero-order valence-corrected chi connectivity index (χ0v) is 6.59. The summed E-state index contributed by atoms with van der Waals surface area (Å²) in [5.41, 5.74) is -1.26. The molecule has 0 spiro atoms. The number of fused-ring (bicyclic) bond motifs is 2. The van der Waals surface area contributed by atoms with Crippen LogP contribution in [0.15, 0.2) is 0 Å². The second-order valence-corrected chi connectivity index (χ2v) is 3.73. The second kappa shape index (κ2) is 2.42. The lowest BCUT2D eigenvalue weighted by Gasteiger charge is -2.34. The van der Waals surface area contributed by atoms with Gasteiger partial charge in [-0.05, 0) is 19.4 Å². The molecule has 0 aliphatic carbocycles. The predicted molar refractivity (Wildman–Crippen MR) is 40.1 cm³/mol. The lowest BCUT2D eigenvalue weighted by atomic mass is 9.85. The normalized spacial score (nSPS) is 49.6. The number of nitrogens with zero attached hydrogens (tertiary/aromatic N) is 1. The van der Waals surface area contributed by atoms with Crippen molar-refractivity contribution in [2.45, 2.75) is 18.5 Å². The molecule has 0 aromatic rings. The Kier molecular flexibility index (Phi) is 1.65. The molecule has 3 atom stereocenters. The van der Waals surface area contributed by atoms with E-state index in [1.807, 2.05) is 0 Å². The van der Waals surface area contributed by atoms with Crippen molar-refractivity contribution >= 4 is 0 Å². The number of aliphatic hydroxyl groups excluding tert-OH is 1. The summed E-state index contributed by atoms with van der Waals surface area (Å²) < 4.78 is 13.7. The standard InChI is InChI=1S/C8H14FNO/c9-8(6-11)2-4-10-3-1-7(8)5-10/h7,11H,1-6H2. The lowest BCUT2D eigenvalue weighted by molar-refractivity contribution is -0.0115. The summed E-state index contributed by atoms with van der Waals surface area (Å²) in [5, 5.41) is 8.88. The number of halogens is 1. The van der Waals surface area contributed by atoms with Crippen LogP contribution in [0.4, 0.5) is 4.39 Å². The average Bonchev–Trinajstić information content (AvgIpc) is 2.44. The van der Waals surface area contributed by atoms with E-state index in [0.29, 0.717) is 6.42 Å². The van der Waals surface area contributed by atoms with E-state index in [4.69, 9.17) is 5.11 Å². The molecule has 2 aliphatic rings. The number of hydrogen-bond acceptors (Lipinski definition) is 2. The van der Waals surface area contributed by atoms with Crippen molar-refractivity contribution in [1.29, 1.82) is 0 Å². The molecule has 2 aliphatic heterocycles. The SMILES string of the molecule is OCC1(F)CCN2CCC1C2. The highest BCUT2D eigenvalue weighted by Gasteiger charge is 2.46. The van der Waals surface area contributed by atoms with Crippen molar-refractivity contribution in [3.63, 3.8) is 0 Å². The Morgan fingerprint density at radius 2 is 2.36 bits per heavy atom. The fourth-order valence-electron chi connectivity index (χ4n) is 2.21. The number of piperidine rings is 1. The maximum atomic E-state index is 13.7. The number of hydrogen-bond donors (Lipinski definition) is 1. The first-order chi connectivity index (χ1) is 5.24. The van der Waals surface area contributed by atoms with Crippen LogP contribution in [0.5, 0.6) is 0 Å². The van der Waals surface area contributed by atoms with Gasteiger partial charge in [0.05, 0.1) is 6.61 Å². The zero-order chi connectivity index (χ0) is 7.90. The van der Waals surface area contributed by atoms with Crippen LogP contribution in [0, 0.1) is 5.92 Å².